The highest BCUT2D eigenvalue weighted by molar-refractivity contribution is 5.85. The van der Waals surface area contributed by atoms with Crippen molar-refractivity contribution in [2.45, 2.75) is 31.6 Å². The highest BCUT2D eigenvalue weighted by atomic mass is 16.3. The van der Waals surface area contributed by atoms with Crippen molar-refractivity contribution in [1.29, 1.82) is 0 Å². The molecule has 2 aromatic rings. The SMILES string of the molecule is OCCN1CCN(CCNC=C2CCC(c3cccc4cnccc34)CC2)CC1. The van der Waals surface area contributed by atoms with Gasteiger partial charge in [0.1, 0.15) is 0 Å². The van der Waals surface area contributed by atoms with Gasteiger partial charge in [-0.05, 0) is 54.8 Å². The molecule has 2 aliphatic rings. The molecule has 29 heavy (non-hydrogen) atoms. The summed E-state index contributed by atoms with van der Waals surface area (Å²) < 4.78 is 0. The molecule has 2 N–H and O–H groups in total. The number of piperazine rings is 1. The van der Waals surface area contributed by atoms with E-state index in [0.717, 1.165) is 45.8 Å². The fourth-order valence-electron chi connectivity index (χ4n) is 4.76. The van der Waals surface area contributed by atoms with Crippen molar-refractivity contribution in [2.24, 2.45) is 0 Å². The zero-order valence-corrected chi connectivity index (χ0v) is 17.4. The van der Waals surface area contributed by atoms with Crippen LogP contribution < -0.4 is 5.32 Å². The third-order valence-electron chi connectivity index (χ3n) is 6.54. The predicted molar refractivity (Wildman–Crippen MR) is 119 cm³/mol. The molecular weight excluding hydrogens is 360 g/mol. The first-order chi connectivity index (χ1) is 14.3. The van der Waals surface area contributed by atoms with Crippen LogP contribution in [0.3, 0.4) is 0 Å². The average Bonchev–Trinajstić information content (AvgIpc) is 2.78. The fourth-order valence-corrected chi connectivity index (χ4v) is 4.76. The van der Waals surface area contributed by atoms with E-state index in [1.165, 1.54) is 42.0 Å². The van der Waals surface area contributed by atoms with E-state index in [2.05, 4.69) is 50.6 Å². The first-order valence-electron chi connectivity index (χ1n) is 11.1. The van der Waals surface area contributed by atoms with Crippen molar-refractivity contribution >= 4 is 10.8 Å². The molecule has 5 nitrogen and oxygen atoms in total. The van der Waals surface area contributed by atoms with Gasteiger partial charge in [0.05, 0.1) is 6.61 Å². The van der Waals surface area contributed by atoms with Gasteiger partial charge in [-0.2, -0.15) is 0 Å². The number of hydrogen-bond acceptors (Lipinski definition) is 5. The number of fused-ring (bicyclic) bond motifs is 1. The van der Waals surface area contributed by atoms with Crippen LogP contribution in [0.4, 0.5) is 0 Å². The van der Waals surface area contributed by atoms with Crippen molar-refractivity contribution < 1.29 is 5.11 Å². The van der Waals surface area contributed by atoms with Gasteiger partial charge in [0.15, 0.2) is 0 Å². The van der Waals surface area contributed by atoms with E-state index in [4.69, 9.17) is 5.11 Å². The lowest BCUT2D eigenvalue weighted by Gasteiger charge is -2.34. The van der Waals surface area contributed by atoms with Crippen LogP contribution in [-0.2, 0) is 0 Å². The van der Waals surface area contributed by atoms with Gasteiger partial charge in [-0.3, -0.25) is 14.8 Å². The van der Waals surface area contributed by atoms with E-state index in [9.17, 15) is 0 Å². The van der Waals surface area contributed by atoms with Crippen LogP contribution in [0.5, 0.6) is 0 Å². The maximum absolute atomic E-state index is 9.04. The standard InChI is InChI=1S/C24H34N4O/c29-17-16-28-14-12-27(13-15-28)11-10-26-18-20-4-6-21(7-5-20)23-3-1-2-22-19-25-9-8-24(22)23/h1-3,8-9,18-19,21,26,29H,4-7,10-17H2. The third-order valence-corrected chi connectivity index (χ3v) is 6.54. The van der Waals surface area contributed by atoms with Gasteiger partial charge in [0, 0.05) is 63.6 Å². The molecule has 1 aromatic carbocycles. The summed E-state index contributed by atoms with van der Waals surface area (Å²) in [6.07, 6.45) is 11.0. The van der Waals surface area contributed by atoms with E-state index in [1.54, 1.807) is 5.57 Å². The molecule has 0 atom stereocenters. The fraction of sp³-hybridized carbons (Fsp3) is 0.542. The van der Waals surface area contributed by atoms with Crippen LogP contribution >= 0.6 is 0 Å². The number of aliphatic hydroxyl groups excluding tert-OH is 1. The Morgan fingerprint density at radius 2 is 1.79 bits per heavy atom. The summed E-state index contributed by atoms with van der Waals surface area (Å²) in [5, 5.41) is 15.2. The molecule has 2 fully saturated rings. The maximum Gasteiger partial charge on any atom is 0.0558 e. The molecule has 0 radical (unpaired) electrons. The minimum Gasteiger partial charge on any atom is -0.395 e. The number of nitrogens with one attached hydrogen (secondary N) is 1. The molecule has 0 amide bonds. The number of nitrogens with zero attached hydrogens (tertiary/aromatic N) is 3. The minimum absolute atomic E-state index is 0.272. The third kappa shape index (κ3) is 5.35. The summed E-state index contributed by atoms with van der Waals surface area (Å²) in [5.41, 5.74) is 3.06. The summed E-state index contributed by atoms with van der Waals surface area (Å²) in [6, 6.07) is 8.81. The predicted octanol–water partition coefficient (Wildman–Crippen LogP) is 2.98. The molecule has 156 valence electrons. The van der Waals surface area contributed by atoms with Crippen LogP contribution in [0.1, 0.15) is 37.2 Å². The number of aromatic nitrogens is 1. The lowest BCUT2D eigenvalue weighted by Crippen LogP contribution is -2.48. The van der Waals surface area contributed by atoms with Crippen LogP contribution in [0.15, 0.2) is 48.4 Å². The monoisotopic (exact) mass is 394 g/mol. The maximum atomic E-state index is 9.04. The van der Waals surface area contributed by atoms with Crippen molar-refractivity contribution in [1.82, 2.24) is 20.1 Å². The van der Waals surface area contributed by atoms with Crippen LogP contribution in [-0.4, -0.2) is 72.3 Å². The van der Waals surface area contributed by atoms with E-state index in [1.807, 2.05) is 12.4 Å². The molecule has 1 aliphatic carbocycles. The number of pyridine rings is 1. The Labute approximate surface area is 174 Å². The Morgan fingerprint density at radius 1 is 1.03 bits per heavy atom. The normalized spacial score (nSPS) is 21.4. The number of rotatable bonds is 7. The number of β-amino-alcohol motifs (C(OH)–C–C–N with tert-alkyl or cyclic N) is 1. The van der Waals surface area contributed by atoms with Crippen molar-refractivity contribution in [3.8, 4) is 0 Å². The van der Waals surface area contributed by atoms with Gasteiger partial charge >= 0.3 is 0 Å². The average molecular weight is 395 g/mol. The molecule has 0 unspecified atom stereocenters. The largest absolute Gasteiger partial charge is 0.395 e. The van der Waals surface area contributed by atoms with Gasteiger partial charge in [-0.25, -0.2) is 0 Å². The van der Waals surface area contributed by atoms with Crippen LogP contribution in [0, 0.1) is 0 Å². The summed E-state index contributed by atoms with van der Waals surface area (Å²) in [4.78, 5) is 9.13. The Hall–Kier alpha value is -1.95. The molecule has 1 aliphatic heterocycles. The highest BCUT2D eigenvalue weighted by Gasteiger charge is 2.20. The molecule has 2 heterocycles. The summed E-state index contributed by atoms with van der Waals surface area (Å²) in [7, 11) is 0. The lowest BCUT2D eigenvalue weighted by atomic mass is 9.80. The minimum atomic E-state index is 0.272. The van der Waals surface area contributed by atoms with Gasteiger partial charge < -0.3 is 10.4 Å². The van der Waals surface area contributed by atoms with Crippen LogP contribution in [0.25, 0.3) is 10.8 Å². The molecule has 1 aromatic heterocycles. The quantitative estimate of drug-likeness (QED) is 0.707. The number of hydrogen-bond donors (Lipinski definition) is 2. The molecular formula is C24H34N4O. The summed E-state index contributed by atoms with van der Waals surface area (Å²) in [6.45, 7) is 7.58. The summed E-state index contributed by atoms with van der Waals surface area (Å²) in [5.74, 6) is 0.661. The molecule has 0 bridgehead atoms. The summed E-state index contributed by atoms with van der Waals surface area (Å²) >= 11 is 0. The van der Waals surface area contributed by atoms with E-state index < -0.39 is 0 Å². The second-order valence-corrected chi connectivity index (χ2v) is 8.38. The Morgan fingerprint density at radius 3 is 2.55 bits per heavy atom. The lowest BCUT2D eigenvalue weighted by molar-refractivity contribution is 0.114. The Bertz CT molecular complexity index is 798. The van der Waals surface area contributed by atoms with Crippen molar-refractivity contribution in [3.63, 3.8) is 0 Å². The molecule has 4 rings (SSSR count). The molecule has 0 spiro atoms. The first kappa shape index (κ1) is 20.3. The van der Waals surface area contributed by atoms with E-state index >= 15 is 0 Å². The highest BCUT2D eigenvalue weighted by Crippen LogP contribution is 2.37. The van der Waals surface area contributed by atoms with Crippen molar-refractivity contribution in [3.05, 3.63) is 54.0 Å². The first-order valence-corrected chi connectivity index (χ1v) is 11.1. The molecule has 5 heteroatoms. The zero-order valence-electron chi connectivity index (χ0n) is 17.4. The number of allylic oxidation sites excluding steroid dienone is 1. The van der Waals surface area contributed by atoms with E-state index in [-0.39, 0.29) is 6.61 Å². The van der Waals surface area contributed by atoms with Gasteiger partial charge in [-0.15, -0.1) is 0 Å². The molecule has 1 saturated carbocycles. The van der Waals surface area contributed by atoms with Crippen molar-refractivity contribution in [2.75, 3.05) is 52.4 Å². The smallest absolute Gasteiger partial charge is 0.0558 e. The Kier molecular flexibility index (Phi) is 7.14. The van der Waals surface area contributed by atoms with Gasteiger partial charge in [0.25, 0.3) is 0 Å². The van der Waals surface area contributed by atoms with Gasteiger partial charge in [-0.1, -0.05) is 23.8 Å². The molecule has 1 saturated heterocycles. The number of aliphatic hydroxyl groups is 1. The van der Waals surface area contributed by atoms with Gasteiger partial charge in [0.2, 0.25) is 0 Å². The Balaban J connectivity index is 1.20. The second kappa shape index (κ2) is 10.2. The zero-order chi connectivity index (χ0) is 19.9. The van der Waals surface area contributed by atoms with Crippen LogP contribution in [0.2, 0.25) is 0 Å². The topological polar surface area (TPSA) is 51.6 Å². The number of benzene rings is 1. The van der Waals surface area contributed by atoms with E-state index in [0.29, 0.717) is 5.92 Å². The second-order valence-electron chi connectivity index (χ2n) is 8.38.